The number of likely N-dealkylation sites (tertiary alicyclic amines) is 1. The molecule has 2 aliphatic rings. The Morgan fingerprint density at radius 1 is 0.806 bits per heavy atom. The molecule has 1 unspecified atom stereocenters. The molecule has 0 bridgehead atoms. The summed E-state index contributed by atoms with van der Waals surface area (Å²) in [6.07, 6.45) is 2.98. The third-order valence-corrected chi connectivity index (χ3v) is 7.81. The highest BCUT2D eigenvalue weighted by Crippen LogP contribution is 2.38. The predicted molar refractivity (Wildman–Crippen MR) is 146 cm³/mol. The van der Waals surface area contributed by atoms with Crippen molar-refractivity contribution in [1.29, 1.82) is 0 Å². The normalized spacial score (nSPS) is 16.6. The van der Waals surface area contributed by atoms with Crippen LogP contribution in [-0.4, -0.2) is 36.5 Å². The Morgan fingerprint density at radius 3 is 2.22 bits per heavy atom. The van der Waals surface area contributed by atoms with Crippen LogP contribution >= 0.6 is 0 Å². The molecule has 1 N–H and O–H groups in total. The number of hydrogen-bond donors (Lipinski definition) is 1. The Kier molecular flexibility index (Phi) is 6.40. The monoisotopic (exact) mass is 472 g/mol. The molecule has 1 saturated heterocycles. The van der Waals surface area contributed by atoms with Gasteiger partial charge in [0.25, 0.3) is 5.91 Å². The minimum Gasteiger partial charge on any atom is -0.348 e. The molecule has 0 saturated carbocycles. The van der Waals surface area contributed by atoms with Crippen LogP contribution in [0.15, 0.2) is 103 Å². The number of fused-ring (bicyclic) bond motifs is 3. The Hall–Kier alpha value is -3.69. The van der Waals surface area contributed by atoms with E-state index in [2.05, 4.69) is 101 Å². The summed E-state index contributed by atoms with van der Waals surface area (Å²) in [7, 11) is 0. The van der Waals surface area contributed by atoms with Crippen LogP contribution in [0.4, 0.5) is 0 Å². The number of rotatable bonds is 7. The fourth-order valence-corrected chi connectivity index (χ4v) is 6.00. The largest absolute Gasteiger partial charge is 0.348 e. The van der Waals surface area contributed by atoms with Gasteiger partial charge in [0.1, 0.15) is 0 Å². The predicted octanol–water partition coefficient (Wildman–Crippen LogP) is 6.28. The Bertz CT molecular complexity index is 1310. The topological polar surface area (TPSA) is 32.3 Å². The van der Waals surface area contributed by atoms with Crippen molar-refractivity contribution in [2.45, 2.75) is 31.2 Å². The van der Waals surface area contributed by atoms with E-state index in [1.54, 1.807) is 0 Å². The molecule has 1 amide bonds. The smallest absolute Gasteiger partial charge is 0.252 e. The lowest BCUT2D eigenvalue weighted by atomic mass is 9.88. The molecule has 180 valence electrons. The first-order chi connectivity index (χ1) is 17.8. The zero-order valence-electron chi connectivity index (χ0n) is 20.6. The molecule has 0 radical (unpaired) electrons. The Morgan fingerprint density at radius 2 is 1.47 bits per heavy atom. The highest BCUT2D eigenvalue weighted by Gasteiger charge is 2.28. The lowest BCUT2D eigenvalue weighted by molar-refractivity contribution is 0.0938. The molecule has 6 rings (SSSR count). The van der Waals surface area contributed by atoms with Gasteiger partial charge in [-0.2, -0.15) is 0 Å². The minimum atomic E-state index is 0.0573. The highest BCUT2D eigenvalue weighted by molar-refractivity contribution is 6.03. The number of hydrogen-bond acceptors (Lipinski definition) is 2. The third-order valence-electron chi connectivity index (χ3n) is 7.81. The first-order valence-electron chi connectivity index (χ1n) is 13.1. The van der Waals surface area contributed by atoms with E-state index in [-0.39, 0.29) is 11.9 Å². The number of benzene rings is 4. The fourth-order valence-electron chi connectivity index (χ4n) is 6.00. The molecule has 1 heterocycles. The summed E-state index contributed by atoms with van der Waals surface area (Å²) in [6, 6.07) is 36.4. The second-order valence-corrected chi connectivity index (χ2v) is 10.1. The molecule has 4 aromatic carbocycles. The molecule has 4 aromatic rings. The number of nitrogens with one attached hydrogen (secondary N) is 1. The zero-order valence-corrected chi connectivity index (χ0v) is 20.6. The van der Waals surface area contributed by atoms with Crippen molar-refractivity contribution in [2.24, 2.45) is 0 Å². The molecule has 0 aromatic heterocycles. The van der Waals surface area contributed by atoms with Crippen LogP contribution in [0.25, 0.3) is 11.1 Å². The summed E-state index contributed by atoms with van der Waals surface area (Å²) in [4.78, 5) is 15.9. The first-order valence-corrected chi connectivity index (χ1v) is 13.1. The van der Waals surface area contributed by atoms with Crippen LogP contribution in [0.5, 0.6) is 0 Å². The van der Waals surface area contributed by atoms with Crippen molar-refractivity contribution in [3.05, 3.63) is 131 Å². The van der Waals surface area contributed by atoms with Gasteiger partial charge >= 0.3 is 0 Å². The van der Waals surface area contributed by atoms with Crippen molar-refractivity contribution < 1.29 is 4.79 Å². The van der Waals surface area contributed by atoms with Crippen LogP contribution in [0.3, 0.4) is 0 Å². The third kappa shape index (κ3) is 4.59. The summed E-state index contributed by atoms with van der Waals surface area (Å²) in [6.45, 7) is 2.96. The standard InChI is InChI=1S/C33H32N2O/c36-33(31-17-9-15-27-22-26-14-7-8-16-30(26)32(27)31)34-28-18-20-35(23-28)21-19-29(24-10-3-1-4-11-24)25-12-5-2-6-13-25/h1-17,28-29H,18-23H2,(H,34,36). The van der Waals surface area contributed by atoms with Gasteiger partial charge < -0.3 is 10.2 Å². The van der Waals surface area contributed by atoms with Gasteiger partial charge in [-0.05, 0) is 65.3 Å². The van der Waals surface area contributed by atoms with Gasteiger partial charge in [-0.25, -0.2) is 0 Å². The molecule has 1 fully saturated rings. The first kappa shape index (κ1) is 22.8. The van der Waals surface area contributed by atoms with E-state index in [0.717, 1.165) is 50.0 Å². The number of nitrogens with zero attached hydrogens (tertiary/aromatic N) is 1. The van der Waals surface area contributed by atoms with Gasteiger partial charge in [0.15, 0.2) is 0 Å². The molecule has 3 nitrogen and oxygen atoms in total. The average Bonchev–Trinajstić information content (AvgIpc) is 3.54. The zero-order chi connectivity index (χ0) is 24.3. The Balaban J connectivity index is 1.11. The summed E-state index contributed by atoms with van der Waals surface area (Å²) in [5, 5.41) is 3.36. The molecular formula is C33H32N2O. The summed E-state index contributed by atoms with van der Waals surface area (Å²) >= 11 is 0. The van der Waals surface area contributed by atoms with E-state index in [1.807, 2.05) is 12.1 Å². The molecule has 36 heavy (non-hydrogen) atoms. The van der Waals surface area contributed by atoms with Gasteiger partial charge in [-0.1, -0.05) is 97.1 Å². The van der Waals surface area contributed by atoms with E-state index >= 15 is 0 Å². The van der Waals surface area contributed by atoms with Crippen LogP contribution in [0.1, 0.15) is 51.4 Å². The number of carbonyl (C=O) groups is 1. The minimum absolute atomic E-state index is 0.0573. The van der Waals surface area contributed by atoms with E-state index in [1.165, 1.54) is 27.8 Å². The molecular weight excluding hydrogens is 440 g/mol. The molecule has 1 aliphatic carbocycles. The van der Waals surface area contributed by atoms with Gasteiger partial charge in [-0.15, -0.1) is 0 Å². The Labute approximate surface area is 213 Å². The van der Waals surface area contributed by atoms with Crippen molar-refractivity contribution in [2.75, 3.05) is 19.6 Å². The number of carbonyl (C=O) groups excluding carboxylic acids is 1. The molecule has 1 atom stereocenters. The number of amides is 1. The molecule has 3 heteroatoms. The average molecular weight is 473 g/mol. The molecule has 1 aliphatic heterocycles. The lowest BCUT2D eigenvalue weighted by Crippen LogP contribution is -2.37. The van der Waals surface area contributed by atoms with Gasteiger partial charge in [0, 0.05) is 30.6 Å². The van der Waals surface area contributed by atoms with Gasteiger partial charge in [0.05, 0.1) is 0 Å². The quantitative estimate of drug-likeness (QED) is 0.302. The highest BCUT2D eigenvalue weighted by atomic mass is 16.1. The lowest BCUT2D eigenvalue weighted by Gasteiger charge is -2.22. The fraction of sp³-hybridized carbons (Fsp3) is 0.242. The van der Waals surface area contributed by atoms with Crippen molar-refractivity contribution in [1.82, 2.24) is 10.2 Å². The second-order valence-electron chi connectivity index (χ2n) is 10.1. The molecule has 0 spiro atoms. The van der Waals surface area contributed by atoms with Crippen LogP contribution < -0.4 is 5.32 Å². The van der Waals surface area contributed by atoms with E-state index in [4.69, 9.17) is 0 Å². The van der Waals surface area contributed by atoms with E-state index in [9.17, 15) is 4.79 Å². The van der Waals surface area contributed by atoms with Gasteiger partial charge in [0.2, 0.25) is 0 Å². The second kappa shape index (κ2) is 10.1. The SMILES string of the molecule is O=C(NC1CCN(CCC(c2ccccc2)c2ccccc2)C1)c1cccc2c1-c1ccccc1C2. The van der Waals surface area contributed by atoms with Crippen LogP contribution in [0, 0.1) is 0 Å². The van der Waals surface area contributed by atoms with Crippen LogP contribution in [-0.2, 0) is 6.42 Å². The van der Waals surface area contributed by atoms with E-state index < -0.39 is 0 Å². The van der Waals surface area contributed by atoms with E-state index in [0.29, 0.717) is 5.92 Å². The van der Waals surface area contributed by atoms with Crippen molar-refractivity contribution in [3.8, 4) is 11.1 Å². The van der Waals surface area contributed by atoms with Crippen molar-refractivity contribution in [3.63, 3.8) is 0 Å². The maximum atomic E-state index is 13.4. The van der Waals surface area contributed by atoms with Crippen LogP contribution in [0.2, 0.25) is 0 Å². The maximum absolute atomic E-state index is 13.4. The summed E-state index contributed by atoms with van der Waals surface area (Å²) < 4.78 is 0. The van der Waals surface area contributed by atoms with Gasteiger partial charge in [-0.3, -0.25) is 4.79 Å². The summed E-state index contributed by atoms with van der Waals surface area (Å²) in [5.41, 5.74) is 8.44. The maximum Gasteiger partial charge on any atom is 0.252 e. The summed E-state index contributed by atoms with van der Waals surface area (Å²) in [5.74, 6) is 0.440. The van der Waals surface area contributed by atoms with Crippen molar-refractivity contribution >= 4 is 5.91 Å².